The molecule has 1 rings (SSSR count). The van der Waals surface area contributed by atoms with Crippen LogP contribution in [0.3, 0.4) is 0 Å². The summed E-state index contributed by atoms with van der Waals surface area (Å²) in [4.78, 5) is 35.4. The number of rotatable bonds is 2. The van der Waals surface area contributed by atoms with E-state index in [4.69, 9.17) is 0 Å². The minimum atomic E-state index is -1.14. The third-order valence-corrected chi connectivity index (χ3v) is 2.98. The van der Waals surface area contributed by atoms with E-state index in [1.165, 1.54) is 14.2 Å². The molecular weight excluding hydrogens is 236 g/mol. The lowest BCUT2D eigenvalue weighted by molar-refractivity contribution is -0.151. The van der Waals surface area contributed by atoms with Gasteiger partial charge in [0.2, 0.25) is 0 Å². The maximum Gasteiger partial charge on any atom is 0.334 e. The second-order valence-corrected chi connectivity index (χ2v) is 4.17. The van der Waals surface area contributed by atoms with Gasteiger partial charge in [0.25, 0.3) is 0 Å². The van der Waals surface area contributed by atoms with Gasteiger partial charge in [-0.15, -0.1) is 0 Å². The zero-order valence-electron chi connectivity index (χ0n) is 10.7. The van der Waals surface area contributed by atoms with Crippen LogP contribution in [0.25, 0.3) is 0 Å². The van der Waals surface area contributed by atoms with Crippen LogP contribution in [0, 0.1) is 5.92 Å². The Balaban J connectivity index is 3.10. The molecule has 0 fully saturated rings. The van der Waals surface area contributed by atoms with Gasteiger partial charge in [0, 0.05) is 6.42 Å². The number of carbonyl (C=O) groups excluding carboxylic acids is 3. The highest BCUT2D eigenvalue weighted by Crippen LogP contribution is 2.22. The van der Waals surface area contributed by atoms with Crippen LogP contribution in [0.1, 0.15) is 32.1 Å². The Morgan fingerprint density at radius 1 is 1.17 bits per heavy atom. The fourth-order valence-corrected chi connectivity index (χ4v) is 2.01. The monoisotopic (exact) mass is 254 g/mol. The molecule has 0 saturated carbocycles. The molecule has 0 N–H and O–H groups in total. The molecule has 5 nitrogen and oxygen atoms in total. The van der Waals surface area contributed by atoms with E-state index in [9.17, 15) is 14.4 Å². The molecule has 1 aliphatic carbocycles. The summed E-state index contributed by atoms with van der Waals surface area (Å²) in [5, 5.41) is 0. The molecule has 1 aliphatic rings. The van der Waals surface area contributed by atoms with Gasteiger partial charge < -0.3 is 9.47 Å². The zero-order chi connectivity index (χ0) is 13.5. The molecule has 0 spiro atoms. The maximum absolute atomic E-state index is 12.0. The first-order valence-electron chi connectivity index (χ1n) is 6.00. The topological polar surface area (TPSA) is 69.7 Å². The molecule has 0 aromatic heterocycles. The van der Waals surface area contributed by atoms with Crippen LogP contribution in [-0.4, -0.2) is 31.9 Å². The van der Waals surface area contributed by atoms with Gasteiger partial charge in [-0.05, 0) is 19.3 Å². The number of esters is 2. The van der Waals surface area contributed by atoms with E-state index in [-0.39, 0.29) is 17.8 Å². The molecule has 0 aromatic rings. The molecule has 0 aliphatic heterocycles. The minimum absolute atomic E-state index is 0.108. The van der Waals surface area contributed by atoms with E-state index in [0.29, 0.717) is 6.42 Å². The lowest BCUT2D eigenvalue weighted by Gasteiger charge is -2.15. The molecule has 0 amide bonds. The van der Waals surface area contributed by atoms with E-state index in [2.05, 4.69) is 9.47 Å². The van der Waals surface area contributed by atoms with Crippen LogP contribution in [0.2, 0.25) is 0 Å². The molecule has 1 unspecified atom stereocenters. The van der Waals surface area contributed by atoms with Crippen molar-refractivity contribution in [2.45, 2.75) is 32.1 Å². The third kappa shape index (κ3) is 3.42. The summed E-state index contributed by atoms with van der Waals surface area (Å²) in [6.07, 6.45) is 5.09. The lowest BCUT2D eigenvalue weighted by atomic mass is 9.92. The fourth-order valence-electron chi connectivity index (χ4n) is 2.01. The van der Waals surface area contributed by atoms with Gasteiger partial charge in [-0.1, -0.05) is 12.5 Å². The summed E-state index contributed by atoms with van der Waals surface area (Å²) in [5.41, 5.74) is 0.108. The lowest BCUT2D eigenvalue weighted by Crippen LogP contribution is -2.30. The van der Waals surface area contributed by atoms with E-state index in [1.54, 1.807) is 6.08 Å². The van der Waals surface area contributed by atoms with Crippen molar-refractivity contribution in [1.82, 2.24) is 0 Å². The second-order valence-electron chi connectivity index (χ2n) is 4.17. The Morgan fingerprint density at radius 2 is 1.89 bits per heavy atom. The van der Waals surface area contributed by atoms with Crippen LogP contribution < -0.4 is 0 Å². The molecule has 1 atom stereocenters. The summed E-state index contributed by atoms with van der Waals surface area (Å²) < 4.78 is 9.25. The molecule has 0 heterocycles. The number of ketones is 1. The van der Waals surface area contributed by atoms with Crippen molar-refractivity contribution in [2.24, 2.45) is 5.92 Å². The van der Waals surface area contributed by atoms with Crippen molar-refractivity contribution in [2.75, 3.05) is 14.2 Å². The molecule has 5 heteroatoms. The van der Waals surface area contributed by atoms with Gasteiger partial charge in [-0.3, -0.25) is 9.59 Å². The standard InChI is InChI=1S/C13H18O5/c1-17-12(15)9-7-5-3-4-6-8-10(14)11(9)13(16)18-2/h7,11H,3-6,8H2,1-2H3. The zero-order valence-corrected chi connectivity index (χ0v) is 10.7. The second kappa shape index (κ2) is 6.93. The molecule has 0 bridgehead atoms. The Labute approximate surface area is 106 Å². The Hall–Kier alpha value is -1.65. The molecule has 0 aromatic carbocycles. The van der Waals surface area contributed by atoms with Gasteiger partial charge in [0.05, 0.1) is 19.8 Å². The molecule has 100 valence electrons. The summed E-state index contributed by atoms with van der Waals surface area (Å²) in [6, 6.07) is 0. The van der Waals surface area contributed by atoms with E-state index in [0.717, 1.165) is 19.3 Å². The highest BCUT2D eigenvalue weighted by atomic mass is 16.5. The van der Waals surface area contributed by atoms with Crippen molar-refractivity contribution in [1.29, 1.82) is 0 Å². The molecule has 0 radical (unpaired) electrons. The first-order valence-corrected chi connectivity index (χ1v) is 6.00. The van der Waals surface area contributed by atoms with Crippen molar-refractivity contribution >= 4 is 17.7 Å². The van der Waals surface area contributed by atoms with Crippen molar-refractivity contribution in [3.8, 4) is 0 Å². The SMILES string of the molecule is COC(=O)C1=CCCCCCC(=O)C1C(=O)OC. The van der Waals surface area contributed by atoms with Gasteiger partial charge in [0.15, 0.2) is 5.78 Å². The Kier molecular flexibility index (Phi) is 5.55. The average molecular weight is 254 g/mol. The average Bonchev–Trinajstić information content (AvgIpc) is 2.47. The van der Waals surface area contributed by atoms with Crippen molar-refractivity contribution in [3.05, 3.63) is 11.6 Å². The first kappa shape index (κ1) is 14.4. The largest absolute Gasteiger partial charge is 0.468 e. The van der Waals surface area contributed by atoms with Crippen molar-refractivity contribution in [3.63, 3.8) is 0 Å². The first-order chi connectivity index (χ1) is 8.61. The van der Waals surface area contributed by atoms with Gasteiger partial charge >= 0.3 is 11.9 Å². The number of hydrogen-bond acceptors (Lipinski definition) is 5. The van der Waals surface area contributed by atoms with Crippen molar-refractivity contribution < 1.29 is 23.9 Å². The highest BCUT2D eigenvalue weighted by Gasteiger charge is 2.35. The molecule has 0 saturated heterocycles. The molecule has 18 heavy (non-hydrogen) atoms. The fraction of sp³-hybridized carbons (Fsp3) is 0.615. The Morgan fingerprint density at radius 3 is 2.50 bits per heavy atom. The van der Waals surface area contributed by atoms with Crippen LogP contribution in [-0.2, 0) is 23.9 Å². The summed E-state index contributed by atoms with van der Waals surface area (Å²) in [6.45, 7) is 0. The number of ether oxygens (including phenoxy) is 2. The summed E-state index contributed by atoms with van der Waals surface area (Å²) in [7, 11) is 2.44. The number of methoxy groups -OCH3 is 2. The summed E-state index contributed by atoms with van der Waals surface area (Å²) in [5.74, 6) is -2.75. The van der Waals surface area contributed by atoms with Crippen LogP contribution in [0.4, 0.5) is 0 Å². The van der Waals surface area contributed by atoms with Gasteiger partial charge in [0.1, 0.15) is 5.92 Å². The number of carbonyl (C=O) groups is 3. The van der Waals surface area contributed by atoms with Gasteiger partial charge in [-0.25, -0.2) is 4.79 Å². The van der Waals surface area contributed by atoms with Crippen LogP contribution >= 0.6 is 0 Å². The molecular formula is C13H18O5. The maximum atomic E-state index is 12.0. The highest BCUT2D eigenvalue weighted by molar-refractivity contribution is 6.09. The smallest absolute Gasteiger partial charge is 0.334 e. The van der Waals surface area contributed by atoms with Crippen LogP contribution in [0.15, 0.2) is 11.6 Å². The number of Topliss-reactive ketones (excluding diaryl/α,β-unsaturated/α-hetero) is 1. The predicted molar refractivity (Wildman–Crippen MR) is 63.7 cm³/mol. The quantitative estimate of drug-likeness (QED) is 0.550. The van der Waals surface area contributed by atoms with Crippen LogP contribution in [0.5, 0.6) is 0 Å². The van der Waals surface area contributed by atoms with E-state index >= 15 is 0 Å². The van der Waals surface area contributed by atoms with E-state index in [1.807, 2.05) is 0 Å². The summed E-state index contributed by atoms with van der Waals surface area (Å²) >= 11 is 0. The predicted octanol–water partition coefficient (Wildman–Crippen LogP) is 1.41. The third-order valence-electron chi connectivity index (χ3n) is 2.98. The number of hydrogen-bond donors (Lipinski definition) is 0. The minimum Gasteiger partial charge on any atom is -0.468 e. The van der Waals surface area contributed by atoms with E-state index < -0.39 is 17.9 Å². The number of allylic oxidation sites excluding steroid dienone is 1. The van der Waals surface area contributed by atoms with Gasteiger partial charge in [-0.2, -0.15) is 0 Å². The normalized spacial score (nSPS) is 21.1. The Bertz CT molecular complexity index is 370.